The first-order chi connectivity index (χ1) is 12.5. The van der Waals surface area contributed by atoms with E-state index in [1.165, 1.54) is 12.1 Å². The van der Waals surface area contributed by atoms with Gasteiger partial charge in [0.15, 0.2) is 5.43 Å². The van der Waals surface area contributed by atoms with Gasteiger partial charge in [0.25, 0.3) is 0 Å². The lowest BCUT2D eigenvalue weighted by Crippen LogP contribution is -2.40. The van der Waals surface area contributed by atoms with Crippen LogP contribution >= 0.6 is 0 Å². The molecule has 2 aromatic rings. The first-order valence-electron chi connectivity index (χ1n) is 9.34. The smallest absolute Gasteiger partial charge is 0.220 e. The number of nitrogens with one attached hydrogen (secondary N) is 2. The Labute approximate surface area is 151 Å². The van der Waals surface area contributed by atoms with Crippen molar-refractivity contribution in [3.8, 4) is 0 Å². The average Bonchev–Trinajstić information content (AvgIpc) is 2.80. The van der Waals surface area contributed by atoms with Gasteiger partial charge in [0.05, 0.1) is 0 Å². The van der Waals surface area contributed by atoms with Crippen molar-refractivity contribution in [3.05, 3.63) is 46.0 Å². The number of fused-ring (bicyclic) bond motifs is 1. The van der Waals surface area contributed by atoms with E-state index in [0.717, 1.165) is 51.0 Å². The molecule has 26 heavy (non-hydrogen) atoms. The molecular weight excluding hydrogens is 333 g/mol. The monoisotopic (exact) mass is 357 g/mol. The predicted octanol–water partition coefficient (Wildman–Crippen LogP) is 2.55. The molecule has 2 aliphatic rings. The van der Waals surface area contributed by atoms with Crippen LogP contribution in [0.3, 0.4) is 0 Å². The Kier molecular flexibility index (Phi) is 4.53. The molecular formula is C20H24FN3O2. The number of benzene rings is 1. The first kappa shape index (κ1) is 17.2. The minimum atomic E-state index is -0.395. The quantitative estimate of drug-likeness (QED) is 0.868. The standard InChI is InChI=1S/C20H24FN3O2/c21-14-1-2-17-16(11-14)18(25)12-15(23-17)13-24-9-6-20(7-10-24)4-3-19(26)22-8-5-20/h1-2,11-12H,3-10,13H2,(H,22,26)(H,23,25). The highest BCUT2D eigenvalue weighted by atomic mass is 19.1. The third-order valence-electron chi connectivity index (χ3n) is 6.02. The van der Waals surface area contributed by atoms with E-state index in [2.05, 4.69) is 15.2 Å². The van der Waals surface area contributed by atoms with Gasteiger partial charge in [0.1, 0.15) is 5.82 Å². The average molecular weight is 357 g/mol. The largest absolute Gasteiger partial charge is 0.357 e. The summed E-state index contributed by atoms with van der Waals surface area (Å²) in [5, 5.41) is 3.37. The van der Waals surface area contributed by atoms with Crippen molar-refractivity contribution in [2.45, 2.75) is 38.6 Å². The van der Waals surface area contributed by atoms with Crippen LogP contribution in [0.1, 0.15) is 37.8 Å². The molecule has 2 N–H and O–H groups in total. The molecule has 2 aliphatic heterocycles. The topological polar surface area (TPSA) is 65.2 Å². The SMILES string of the molecule is O=C1CCC2(CCN1)CCN(Cc1cc(=O)c3cc(F)ccc3[nH]1)CC2. The van der Waals surface area contributed by atoms with E-state index in [9.17, 15) is 14.0 Å². The number of hydrogen-bond donors (Lipinski definition) is 2. The zero-order valence-corrected chi connectivity index (χ0v) is 14.8. The van der Waals surface area contributed by atoms with Gasteiger partial charge in [-0.1, -0.05) is 0 Å². The Morgan fingerprint density at radius 1 is 1.08 bits per heavy atom. The Bertz CT molecular complexity index is 884. The fourth-order valence-corrected chi connectivity index (χ4v) is 4.35. The van der Waals surface area contributed by atoms with Gasteiger partial charge in [-0.15, -0.1) is 0 Å². The summed E-state index contributed by atoms with van der Waals surface area (Å²) in [4.78, 5) is 29.5. The van der Waals surface area contributed by atoms with Gasteiger partial charge in [-0.3, -0.25) is 14.5 Å². The highest BCUT2D eigenvalue weighted by Gasteiger charge is 2.36. The van der Waals surface area contributed by atoms with Crippen LogP contribution in [0.5, 0.6) is 0 Å². The lowest BCUT2D eigenvalue weighted by molar-refractivity contribution is -0.121. The van der Waals surface area contributed by atoms with E-state index in [-0.39, 0.29) is 16.8 Å². The lowest BCUT2D eigenvalue weighted by atomic mass is 9.73. The second-order valence-electron chi connectivity index (χ2n) is 7.72. The zero-order chi connectivity index (χ0) is 18.1. The van der Waals surface area contributed by atoms with Crippen molar-refractivity contribution in [2.24, 2.45) is 5.41 Å². The lowest BCUT2D eigenvalue weighted by Gasteiger charge is -2.41. The van der Waals surface area contributed by atoms with Crippen molar-refractivity contribution in [1.29, 1.82) is 0 Å². The highest BCUT2D eigenvalue weighted by Crippen LogP contribution is 2.40. The maximum Gasteiger partial charge on any atom is 0.220 e. The molecule has 0 unspecified atom stereocenters. The van der Waals surface area contributed by atoms with Crippen LogP contribution in [0, 0.1) is 11.2 Å². The molecule has 0 bridgehead atoms. The third-order valence-corrected chi connectivity index (χ3v) is 6.02. The number of H-pyrrole nitrogens is 1. The van der Waals surface area contributed by atoms with Crippen LogP contribution in [0.2, 0.25) is 0 Å². The molecule has 1 aromatic carbocycles. The summed E-state index contributed by atoms with van der Waals surface area (Å²) in [5.41, 5.74) is 1.68. The highest BCUT2D eigenvalue weighted by molar-refractivity contribution is 5.78. The fourth-order valence-electron chi connectivity index (χ4n) is 4.35. The van der Waals surface area contributed by atoms with Crippen LogP contribution < -0.4 is 10.7 Å². The van der Waals surface area contributed by atoms with Crippen LogP contribution in [0.25, 0.3) is 10.9 Å². The van der Waals surface area contributed by atoms with Crippen molar-refractivity contribution in [2.75, 3.05) is 19.6 Å². The number of nitrogens with zero attached hydrogens (tertiary/aromatic N) is 1. The van der Waals surface area contributed by atoms with Gasteiger partial charge < -0.3 is 10.3 Å². The number of piperidine rings is 1. The van der Waals surface area contributed by atoms with Gasteiger partial charge in [-0.2, -0.15) is 0 Å². The van der Waals surface area contributed by atoms with Crippen LogP contribution in [0.15, 0.2) is 29.1 Å². The van der Waals surface area contributed by atoms with E-state index in [0.29, 0.717) is 23.9 Å². The molecule has 1 amide bonds. The molecule has 2 fully saturated rings. The van der Waals surface area contributed by atoms with Gasteiger partial charge in [0.2, 0.25) is 5.91 Å². The number of amides is 1. The second-order valence-corrected chi connectivity index (χ2v) is 7.72. The summed E-state index contributed by atoms with van der Waals surface area (Å²) < 4.78 is 13.3. The molecule has 0 saturated carbocycles. The number of pyridine rings is 1. The summed E-state index contributed by atoms with van der Waals surface area (Å²) in [6.07, 6.45) is 4.85. The molecule has 0 radical (unpaired) electrons. The van der Waals surface area contributed by atoms with E-state index in [4.69, 9.17) is 0 Å². The predicted molar refractivity (Wildman–Crippen MR) is 98.3 cm³/mol. The van der Waals surface area contributed by atoms with Crippen LogP contribution in [0.4, 0.5) is 4.39 Å². The molecule has 1 spiro atoms. The Morgan fingerprint density at radius 3 is 2.69 bits per heavy atom. The Hall–Kier alpha value is -2.21. The normalized spacial score (nSPS) is 20.9. The molecule has 0 aliphatic carbocycles. The summed E-state index contributed by atoms with van der Waals surface area (Å²) in [7, 11) is 0. The summed E-state index contributed by atoms with van der Waals surface area (Å²) in [6.45, 7) is 3.42. The number of likely N-dealkylation sites (tertiary alicyclic amines) is 1. The summed E-state index contributed by atoms with van der Waals surface area (Å²) in [5.74, 6) is -0.220. The molecule has 3 heterocycles. The van der Waals surface area contributed by atoms with Gasteiger partial charge in [-0.05, 0) is 62.4 Å². The van der Waals surface area contributed by atoms with Crippen LogP contribution in [-0.2, 0) is 11.3 Å². The summed E-state index contributed by atoms with van der Waals surface area (Å²) >= 11 is 0. The second kappa shape index (κ2) is 6.83. The fraction of sp³-hybridized carbons (Fsp3) is 0.500. The van der Waals surface area contributed by atoms with E-state index in [1.54, 1.807) is 12.1 Å². The number of halogens is 1. The molecule has 4 rings (SSSR count). The number of carbonyl (C=O) groups excluding carboxylic acids is 1. The van der Waals surface area contributed by atoms with Crippen molar-refractivity contribution in [1.82, 2.24) is 15.2 Å². The van der Waals surface area contributed by atoms with Gasteiger partial charge in [-0.25, -0.2) is 4.39 Å². The van der Waals surface area contributed by atoms with Crippen molar-refractivity contribution in [3.63, 3.8) is 0 Å². The minimum absolute atomic E-state index is 0.143. The number of hydrogen-bond acceptors (Lipinski definition) is 3. The minimum Gasteiger partial charge on any atom is -0.357 e. The summed E-state index contributed by atoms with van der Waals surface area (Å²) in [6, 6.07) is 5.86. The first-order valence-corrected chi connectivity index (χ1v) is 9.34. The van der Waals surface area contributed by atoms with Gasteiger partial charge in [0, 0.05) is 42.2 Å². The molecule has 138 valence electrons. The van der Waals surface area contributed by atoms with E-state index in [1.807, 2.05) is 0 Å². The van der Waals surface area contributed by atoms with Crippen molar-refractivity contribution >= 4 is 16.8 Å². The van der Waals surface area contributed by atoms with Gasteiger partial charge >= 0.3 is 0 Å². The van der Waals surface area contributed by atoms with Crippen molar-refractivity contribution < 1.29 is 9.18 Å². The Balaban J connectivity index is 1.44. The van der Waals surface area contributed by atoms with E-state index < -0.39 is 5.82 Å². The number of carbonyl (C=O) groups is 1. The van der Waals surface area contributed by atoms with Crippen LogP contribution in [-0.4, -0.2) is 35.4 Å². The molecule has 5 nitrogen and oxygen atoms in total. The van der Waals surface area contributed by atoms with E-state index >= 15 is 0 Å². The maximum absolute atomic E-state index is 13.3. The molecule has 6 heteroatoms. The number of aromatic amines is 1. The number of aromatic nitrogens is 1. The molecule has 0 atom stereocenters. The zero-order valence-electron chi connectivity index (χ0n) is 14.8. The number of rotatable bonds is 2. The molecule has 2 saturated heterocycles. The maximum atomic E-state index is 13.3. The Morgan fingerprint density at radius 2 is 1.88 bits per heavy atom. The molecule has 1 aromatic heterocycles. The third kappa shape index (κ3) is 3.51.